The van der Waals surface area contributed by atoms with Crippen LogP contribution in [0.15, 0.2) is 11.9 Å². The third-order valence-corrected chi connectivity index (χ3v) is 2.45. The van der Waals surface area contributed by atoms with E-state index in [1.807, 2.05) is 0 Å². The molecular formula is C8H14N4O5. The molecule has 0 spiro atoms. The Morgan fingerprint density at radius 1 is 1.47 bits per heavy atom. The van der Waals surface area contributed by atoms with Gasteiger partial charge in [-0.25, -0.2) is 0 Å². The molecule has 0 aliphatic carbocycles. The van der Waals surface area contributed by atoms with Gasteiger partial charge in [0, 0.05) is 13.0 Å². The monoisotopic (exact) mass is 246 g/mol. The summed E-state index contributed by atoms with van der Waals surface area (Å²) >= 11 is 0. The Hall–Kier alpha value is -1.74. The van der Waals surface area contributed by atoms with Crippen LogP contribution in [-0.4, -0.2) is 33.9 Å². The summed E-state index contributed by atoms with van der Waals surface area (Å²) in [5, 5.41) is 22.8. The van der Waals surface area contributed by atoms with E-state index in [2.05, 4.69) is 5.43 Å². The summed E-state index contributed by atoms with van der Waals surface area (Å²) in [4.78, 5) is 20.5. The highest BCUT2D eigenvalue weighted by atomic mass is 16.6. The van der Waals surface area contributed by atoms with Gasteiger partial charge in [0.15, 0.2) is 0 Å². The molecule has 1 unspecified atom stereocenters. The molecule has 0 aromatic rings. The number of rotatable bonds is 6. The minimum atomic E-state index is -1.63. The zero-order chi connectivity index (χ0) is 13.1. The molecule has 9 nitrogen and oxygen atoms in total. The zero-order valence-electron chi connectivity index (χ0n) is 9.58. The molecule has 0 fully saturated rings. The second-order valence-corrected chi connectivity index (χ2v) is 3.46. The lowest BCUT2D eigenvalue weighted by molar-refractivity contribution is -0.566. The van der Waals surface area contributed by atoms with E-state index >= 15 is 0 Å². The van der Waals surface area contributed by atoms with Crippen molar-refractivity contribution in [1.29, 1.82) is 0 Å². The van der Waals surface area contributed by atoms with E-state index in [4.69, 9.17) is 4.74 Å². The largest absolute Gasteiger partial charge is 0.358 e. The van der Waals surface area contributed by atoms with Gasteiger partial charge < -0.3 is 14.9 Å². The van der Waals surface area contributed by atoms with Crippen LogP contribution in [0, 0.1) is 20.2 Å². The molecule has 0 aromatic carbocycles. The minimum absolute atomic E-state index is 0.0972. The van der Waals surface area contributed by atoms with Gasteiger partial charge in [-0.05, 0) is 11.8 Å². The molecule has 1 aliphatic rings. The summed E-state index contributed by atoms with van der Waals surface area (Å²) in [5.41, 5.74) is 0.869. The van der Waals surface area contributed by atoms with Crippen molar-refractivity contribution in [2.24, 2.45) is 0 Å². The molecule has 0 saturated heterocycles. The molecule has 17 heavy (non-hydrogen) atoms. The van der Waals surface area contributed by atoms with Crippen LogP contribution in [0.1, 0.15) is 20.3 Å². The molecule has 0 saturated carbocycles. The van der Waals surface area contributed by atoms with Crippen LogP contribution in [0.3, 0.4) is 0 Å². The Bertz CT molecular complexity index is 358. The van der Waals surface area contributed by atoms with E-state index in [1.54, 1.807) is 13.8 Å². The molecule has 0 bridgehead atoms. The van der Waals surface area contributed by atoms with Crippen LogP contribution in [0.2, 0.25) is 0 Å². The molecule has 0 aromatic heterocycles. The summed E-state index contributed by atoms with van der Waals surface area (Å²) < 4.78 is 5.01. The summed E-state index contributed by atoms with van der Waals surface area (Å²) in [6.45, 7) is 3.56. The Balaban J connectivity index is 2.96. The van der Waals surface area contributed by atoms with Gasteiger partial charge in [-0.1, -0.05) is 12.3 Å². The molecule has 1 heterocycles. The molecule has 1 rings (SSSR count). The first kappa shape index (κ1) is 13.3. The van der Waals surface area contributed by atoms with Gasteiger partial charge in [0.25, 0.3) is 0 Å². The van der Waals surface area contributed by atoms with Crippen molar-refractivity contribution in [3.05, 3.63) is 32.1 Å². The quantitative estimate of drug-likeness (QED) is 0.530. The number of hydrazine groups is 1. The number of hydrogen-bond acceptors (Lipinski definition) is 7. The second kappa shape index (κ2) is 5.06. The zero-order valence-corrected chi connectivity index (χ0v) is 9.58. The molecule has 96 valence electrons. The highest BCUT2D eigenvalue weighted by Crippen LogP contribution is 2.25. The van der Waals surface area contributed by atoms with E-state index in [1.165, 1.54) is 0 Å². The predicted octanol–water partition coefficient (Wildman–Crippen LogP) is 0.302. The molecule has 1 aliphatic heterocycles. The molecular weight excluding hydrogens is 232 g/mol. The van der Waals surface area contributed by atoms with Crippen molar-refractivity contribution < 1.29 is 14.6 Å². The number of nitrogens with zero attached hydrogens (tertiary/aromatic N) is 3. The Morgan fingerprint density at radius 2 is 2.12 bits per heavy atom. The number of hydrogen-bond donors (Lipinski definition) is 1. The maximum atomic E-state index is 11.0. The van der Waals surface area contributed by atoms with E-state index in [9.17, 15) is 20.2 Å². The summed E-state index contributed by atoms with van der Waals surface area (Å²) in [7, 11) is 0. The van der Waals surface area contributed by atoms with E-state index < -0.39 is 15.5 Å². The average Bonchev–Trinajstić information content (AvgIpc) is 2.67. The van der Waals surface area contributed by atoms with Crippen LogP contribution in [0.5, 0.6) is 0 Å². The minimum Gasteiger partial charge on any atom is -0.358 e. The fourth-order valence-corrected chi connectivity index (χ4v) is 1.45. The highest BCUT2D eigenvalue weighted by Gasteiger charge is 2.52. The average molecular weight is 246 g/mol. The number of ether oxygens (including phenoxy) is 1. The summed E-state index contributed by atoms with van der Waals surface area (Å²) in [6, 6.07) is 0. The van der Waals surface area contributed by atoms with Crippen molar-refractivity contribution in [1.82, 2.24) is 10.4 Å². The van der Waals surface area contributed by atoms with Crippen molar-refractivity contribution in [3.8, 4) is 0 Å². The third-order valence-electron chi connectivity index (χ3n) is 2.45. The smallest absolute Gasteiger partial charge is 0.343 e. The van der Waals surface area contributed by atoms with Crippen molar-refractivity contribution in [2.45, 2.75) is 25.9 Å². The van der Waals surface area contributed by atoms with Crippen molar-refractivity contribution >= 4 is 0 Å². The lowest BCUT2D eigenvalue weighted by Crippen LogP contribution is -2.52. The van der Waals surface area contributed by atoms with Gasteiger partial charge in [-0.15, -0.1) is 5.01 Å². The molecule has 0 amide bonds. The Kier molecular flexibility index (Phi) is 3.97. The normalized spacial score (nSPS) is 23.6. The topological polar surface area (TPSA) is 111 Å². The van der Waals surface area contributed by atoms with Gasteiger partial charge in [0.1, 0.15) is 6.08 Å². The number of nitrogens with one attached hydrogen (secondary N) is 1. The van der Waals surface area contributed by atoms with Gasteiger partial charge in [-0.3, -0.25) is 10.1 Å². The fourth-order valence-electron chi connectivity index (χ4n) is 1.45. The van der Waals surface area contributed by atoms with Crippen molar-refractivity contribution in [3.63, 3.8) is 0 Å². The second-order valence-electron chi connectivity index (χ2n) is 3.46. The standard InChI is InChI=1S/C8H14N4O5/c1-3-8(12(15)16)5-7(11(13)14)10(9-8)6-17-4-2/h5,9H,3-4,6H2,1-2H3. The maximum absolute atomic E-state index is 11.0. The van der Waals surface area contributed by atoms with Crippen LogP contribution in [0.4, 0.5) is 0 Å². The summed E-state index contributed by atoms with van der Waals surface area (Å²) in [6.07, 6.45) is 1.10. The first-order chi connectivity index (χ1) is 7.96. The van der Waals surface area contributed by atoms with Gasteiger partial charge in [-0.2, -0.15) is 0 Å². The third kappa shape index (κ3) is 2.50. The first-order valence-corrected chi connectivity index (χ1v) is 5.11. The van der Waals surface area contributed by atoms with Crippen LogP contribution < -0.4 is 5.43 Å². The summed E-state index contributed by atoms with van der Waals surface area (Å²) in [5.74, 6) is -0.364. The molecule has 9 heteroatoms. The predicted molar refractivity (Wildman–Crippen MR) is 56.6 cm³/mol. The van der Waals surface area contributed by atoms with Crippen molar-refractivity contribution in [2.75, 3.05) is 13.3 Å². The van der Waals surface area contributed by atoms with Gasteiger partial charge in [0.2, 0.25) is 6.73 Å². The van der Waals surface area contributed by atoms with Gasteiger partial charge in [0.05, 0.1) is 4.92 Å². The molecule has 1 atom stereocenters. The Labute approximate surface area is 97.3 Å². The van der Waals surface area contributed by atoms with E-state index in [-0.39, 0.29) is 19.0 Å². The first-order valence-electron chi connectivity index (χ1n) is 5.11. The van der Waals surface area contributed by atoms with Crippen LogP contribution in [-0.2, 0) is 4.74 Å². The number of nitro groups is 2. The van der Waals surface area contributed by atoms with E-state index in [0.29, 0.717) is 6.61 Å². The maximum Gasteiger partial charge on any atom is 0.343 e. The highest BCUT2D eigenvalue weighted by molar-refractivity contribution is 5.09. The van der Waals surface area contributed by atoms with Crippen LogP contribution >= 0.6 is 0 Å². The molecule has 0 radical (unpaired) electrons. The van der Waals surface area contributed by atoms with Gasteiger partial charge >= 0.3 is 11.5 Å². The lowest BCUT2D eigenvalue weighted by atomic mass is 10.1. The fraction of sp³-hybridized carbons (Fsp3) is 0.750. The lowest BCUT2D eigenvalue weighted by Gasteiger charge is -2.18. The SMILES string of the molecule is CCOCN1NC(CC)([N+](=O)[O-])C=C1[N+](=O)[O-]. The van der Waals surface area contributed by atoms with Crippen LogP contribution in [0.25, 0.3) is 0 Å². The Morgan fingerprint density at radius 3 is 2.53 bits per heavy atom. The van der Waals surface area contributed by atoms with E-state index in [0.717, 1.165) is 11.1 Å². The molecule has 1 N–H and O–H groups in total.